The van der Waals surface area contributed by atoms with Gasteiger partial charge in [-0.2, -0.15) is 0 Å². The van der Waals surface area contributed by atoms with E-state index in [1.807, 2.05) is 13.8 Å². The van der Waals surface area contributed by atoms with E-state index in [1.54, 1.807) is 0 Å². The molecule has 1 fully saturated rings. The molecule has 5 heteroatoms. The largest absolute Gasteiger partial charge is 0.409 e. The Morgan fingerprint density at radius 2 is 2.00 bits per heavy atom. The Morgan fingerprint density at radius 3 is 2.65 bits per heavy atom. The van der Waals surface area contributed by atoms with Gasteiger partial charge in [0.1, 0.15) is 5.84 Å². The Balaban J connectivity index is 2.18. The van der Waals surface area contributed by atoms with Gasteiger partial charge in [-0.15, -0.1) is 0 Å². The summed E-state index contributed by atoms with van der Waals surface area (Å²) in [5.74, 6) is 0.732. The quantitative estimate of drug-likeness (QED) is 0.181. The van der Waals surface area contributed by atoms with E-state index in [9.17, 15) is 5.11 Å². The van der Waals surface area contributed by atoms with Gasteiger partial charge in [-0.3, -0.25) is 0 Å². The van der Waals surface area contributed by atoms with Crippen LogP contribution in [0.15, 0.2) is 5.16 Å². The monoisotopic (exact) mass is 285 g/mol. The molecule has 0 aromatic heterocycles. The summed E-state index contributed by atoms with van der Waals surface area (Å²) in [5.41, 5.74) is 5.43. The molecular weight excluding hydrogens is 254 g/mol. The third-order valence-electron chi connectivity index (χ3n) is 4.58. The molecule has 2 unspecified atom stereocenters. The minimum absolute atomic E-state index is 0.243. The van der Waals surface area contributed by atoms with Crippen LogP contribution in [0.4, 0.5) is 0 Å². The van der Waals surface area contributed by atoms with Gasteiger partial charge < -0.3 is 21.4 Å². The number of hydrogen-bond donors (Lipinski definition) is 4. The van der Waals surface area contributed by atoms with Crippen LogP contribution in [0.1, 0.15) is 58.8 Å². The Kier molecular flexibility index (Phi) is 7.30. The van der Waals surface area contributed by atoms with Crippen LogP contribution in [0, 0.1) is 11.3 Å². The van der Waals surface area contributed by atoms with E-state index in [-0.39, 0.29) is 5.41 Å². The van der Waals surface area contributed by atoms with Gasteiger partial charge in [0.15, 0.2) is 0 Å². The lowest BCUT2D eigenvalue weighted by atomic mass is 9.84. The molecule has 0 amide bonds. The van der Waals surface area contributed by atoms with Gasteiger partial charge in [0.2, 0.25) is 0 Å². The van der Waals surface area contributed by atoms with Crippen molar-refractivity contribution in [3.05, 3.63) is 0 Å². The smallest absolute Gasteiger partial charge is 0.144 e. The van der Waals surface area contributed by atoms with E-state index in [0.717, 1.165) is 32.2 Å². The van der Waals surface area contributed by atoms with Crippen LogP contribution in [0.2, 0.25) is 0 Å². The van der Waals surface area contributed by atoms with E-state index in [2.05, 4.69) is 10.5 Å². The van der Waals surface area contributed by atoms with Crippen molar-refractivity contribution in [3.63, 3.8) is 0 Å². The number of aliphatic hydroxyl groups is 1. The summed E-state index contributed by atoms with van der Waals surface area (Å²) in [6, 6.07) is 0.478. The first-order chi connectivity index (χ1) is 9.51. The van der Waals surface area contributed by atoms with Crippen LogP contribution in [-0.2, 0) is 0 Å². The maximum atomic E-state index is 9.37. The number of nitrogens with zero attached hydrogens (tertiary/aromatic N) is 1. The number of nitrogens with two attached hydrogens (primary N) is 1. The van der Waals surface area contributed by atoms with Gasteiger partial charge in [0.25, 0.3) is 0 Å². The molecule has 1 saturated carbocycles. The van der Waals surface area contributed by atoms with Crippen molar-refractivity contribution in [1.82, 2.24) is 5.32 Å². The summed E-state index contributed by atoms with van der Waals surface area (Å²) >= 11 is 0. The van der Waals surface area contributed by atoms with Crippen LogP contribution in [0.25, 0.3) is 0 Å². The summed E-state index contributed by atoms with van der Waals surface area (Å²) in [6.45, 7) is 5.28. The second-order valence-corrected chi connectivity index (χ2v) is 6.61. The predicted molar refractivity (Wildman–Crippen MR) is 81.9 cm³/mol. The maximum absolute atomic E-state index is 9.37. The fraction of sp³-hybridized carbons (Fsp3) is 0.933. The molecule has 5 nitrogen and oxygen atoms in total. The predicted octanol–water partition coefficient (Wildman–Crippen LogP) is 2.07. The maximum Gasteiger partial charge on any atom is 0.144 e. The Morgan fingerprint density at radius 1 is 1.30 bits per heavy atom. The third-order valence-corrected chi connectivity index (χ3v) is 4.58. The number of rotatable bonds is 8. The summed E-state index contributed by atoms with van der Waals surface area (Å²) < 4.78 is 0. The van der Waals surface area contributed by atoms with Gasteiger partial charge in [-0.1, -0.05) is 38.3 Å². The van der Waals surface area contributed by atoms with E-state index >= 15 is 0 Å². The van der Waals surface area contributed by atoms with Crippen molar-refractivity contribution >= 4 is 5.84 Å². The Bertz CT molecular complexity index is 305. The lowest BCUT2D eigenvalue weighted by Crippen LogP contribution is -2.40. The zero-order valence-corrected chi connectivity index (χ0v) is 12.9. The molecule has 0 aromatic rings. The number of hydrogen-bond acceptors (Lipinski definition) is 4. The molecule has 5 N–H and O–H groups in total. The van der Waals surface area contributed by atoms with Gasteiger partial charge in [-0.25, -0.2) is 0 Å². The third kappa shape index (κ3) is 5.29. The highest BCUT2D eigenvalue weighted by atomic mass is 16.4. The van der Waals surface area contributed by atoms with Crippen LogP contribution in [-0.4, -0.2) is 35.3 Å². The van der Waals surface area contributed by atoms with E-state index in [1.165, 1.54) is 19.3 Å². The first kappa shape index (κ1) is 17.2. The summed E-state index contributed by atoms with van der Waals surface area (Å²) in [7, 11) is 0. The SMILES string of the molecule is CC(C)(CCCCNC1CCCCC1CO)C(N)=NO. The molecule has 20 heavy (non-hydrogen) atoms. The summed E-state index contributed by atoms with van der Waals surface area (Å²) in [5, 5.41) is 24.8. The fourth-order valence-corrected chi connectivity index (χ4v) is 2.94. The van der Waals surface area contributed by atoms with Gasteiger partial charge in [0.05, 0.1) is 0 Å². The molecule has 118 valence electrons. The van der Waals surface area contributed by atoms with Gasteiger partial charge in [0, 0.05) is 18.1 Å². The van der Waals surface area contributed by atoms with Crippen LogP contribution in [0.3, 0.4) is 0 Å². The molecule has 1 aliphatic carbocycles. The van der Waals surface area contributed by atoms with E-state index in [4.69, 9.17) is 10.9 Å². The molecule has 0 spiro atoms. The number of amidine groups is 1. The fourth-order valence-electron chi connectivity index (χ4n) is 2.94. The highest BCUT2D eigenvalue weighted by Gasteiger charge is 2.24. The van der Waals surface area contributed by atoms with Crippen molar-refractivity contribution in [2.75, 3.05) is 13.2 Å². The minimum Gasteiger partial charge on any atom is -0.409 e. The average molecular weight is 285 g/mol. The van der Waals surface area contributed by atoms with Crippen LogP contribution >= 0.6 is 0 Å². The molecule has 2 atom stereocenters. The van der Waals surface area contributed by atoms with Crippen molar-refractivity contribution in [3.8, 4) is 0 Å². The summed E-state index contributed by atoms with van der Waals surface area (Å²) in [4.78, 5) is 0. The molecule has 0 saturated heterocycles. The molecule has 0 aliphatic heterocycles. The summed E-state index contributed by atoms with van der Waals surface area (Å²) in [6.07, 6.45) is 7.88. The first-order valence-electron chi connectivity index (χ1n) is 7.83. The molecule has 0 bridgehead atoms. The average Bonchev–Trinajstić information content (AvgIpc) is 2.46. The number of nitrogens with one attached hydrogen (secondary N) is 1. The van der Waals surface area contributed by atoms with Crippen molar-refractivity contribution in [1.29, 1.82) is 0 Å². The molecule has 0 aromatic carbocycles. The zero-order chi connectivity index (χ0) is 15.0. The number of aliphatic hydroxyl groups excluding tert-OH is 1. The van der Waals surface area contributed by atoms with E-state index < -0.39 is 0 Å². The molecule has 1 aliphatic rings. The second kappa shape index (κ2) is 8.47. The number of unbranched alkanes of at least 4 members (excludes halogenated alkanes) is 1. The van der Waals surface area contributed by atoms with E-state index in [0.29, 0.717) is 24.4 Å². The standard InChI is InChI=1S/C15H31N3O2/c1-15(2,14(16)18-20)9-5-6-10-17-13-8-4-3-7-12(13)11-19/h12-13,17,19-20H,3-11H2,1-2H3,(H2,16,18). The van der Waals surface area contributed by atoms with Crippen molar-refractivity contribution in [2.24, 2.45) is 22.2 Å². The molecule has 0 radical (unpaired) electrons. The van der Waals surface area contributed by atoms with Crippen molar-refractivity contribution in [2.45, 2.75) is 64.8 Å². The Labute approximate surface area is 122 Å². The van der Waals surface area contributed by atoms with Gasteiger partial charge >= 0.3 is 0 Å². The molecule has 1 rings (SSSR count). The second-order valence-electron chi connectivity index (χ2n) is 6.61. The number of oxime groups is 1. The topological polar surface area (TPSA) is 90.9 Å². The normalized spacial score (nSPS) is 24.9. The van der Waals surface area contributed by atoms with Gasteiger partial charge in [-0.05, 0) is 38.1 Å². The Hall–Kier alpha value is -0.810. The highest BCUT2D eigenvalue weighted by Crippen LogP contribution is 2.25. The van der Waals surface area contributed by atoms with Crippen molar-refractivity contribution < 1.29 is 10.3 Å². The lowest BCUT2D eigenvalue weighted by molar-refractivity contribution is 0.153. The van der Waals surface area contributed by atoms with Crippen LogP contribution in [0.5, 0.6) is 0 Å². The zero-order valence-electron chi connectivity index (χ0n) is 12.9. The minimum atomic E-state index is -0.243. The highest BCUT2D eigenvalue weighted by molar-refractivity contribution is 5.85. The molecule has 0 heterocycles. The van der Waals surface area contributed by atoms with Crippen LogP contribution < -0.4 is 11.1 Å². The lowest BCUT2D eigenvalue weighted by Gasteiger charge is -2.31. The molecular formula is C15H31N3O2. The first-order valence-corrected chi connectivity index (χ1v) is 7.83.